The van der Waals surface area contributed by atoms with Gasteiger partial charge in [-0.25, -0.2) is 0 Å². The van der Waals surface area contributed by atoms with Crippen LogP contribution in [0.15, 0.2) is 0 Å². The summed E-state index contributed by atoms with van der Waals surface area (Å²) in [7, 11) is 0. The Morgan fingerprint density at radius 1 is 1.47 bits per heavy atom. The second-order valence-corrected chi connectivity index (χ2v) is 5.07. The normalized spacial score (nSPS) is 30.9. The summed E-state index contributed by atoms with van der Waals surface area (Å²) in [6, 6.07) is 0. The first kappa shape index (κ1) is 12.5. The first-order valence-electron chi connectivity index (χ1n) is 5.91. The second kappa shape index (κ2) is 5.50. The highest BCUT2D eigenvalue weighted by Gasteiger charge is 2.27. The zero-order chi connectivity index (χ0) is 11.4. The van der Waals surface area contributed by atoms with Gasteiger partial charge in [-0.05, 0) is 31.1 Å². The summed E-state index contributed by atoms with van der Waals surface area (Å²) in [4.78, 5) is 10.7. The van der Waals surface area contributed by atoms with Crippen molar-refractivity contribution in [3.63, 3.8) is 0 Å². The Morgan fingerprint density at radius 3 is 2.67 bits per heavy atom. The number of carboxylic acids is 1. The average Bonchev–Trinajstić information content (AvgIpc) is 2.17. The van der Waals surface area contributed by atoms with E-state index in [2.05, 4.69) is 6.92 Å². The minimum absolute atomic E-state index is 0.315. The van der Waals surface area contributed by atoms with Gasteiger partial charge in [-0.3, -0.25) is 4.79 Å². The third-order valence-electron chi connectivity index (χ3n) is 3.54. The van der Waals surface area contributed by atoms with E-state index in [0.717, 1.165) is 12.8 Å². The molecular weight excluding hydrogens is 192 g/mol. The number of carbonyl (C=O) groups is 1. The van der Waals surface area contributed by atoms with Crippen LogP contribution in [-0.4, -0.2) is 22.3 Å². The van der Waals surface area contributed by atoms with Crippen LogP contribution in [0.25, 0.3) is 0 Å². The maximum Gasteiger partial charge on any atom is 0.306 e. The van der Waals surface area contributed by atoms with Crippen molar-refractivity contribution in [3.05, 3.63) is 0 Å². The lowest BCUT2D eigenvalue weighted by Gasteiger charge is -2.31. The van der Waals surface area contributed by atoms with Gasteiger partial charge in [0.15, 0.2) is 0 Å². The molecule has 1 aliphatic rings. The summed E-state index contributed by atoms with van der Waals surface area (Å²) >= 11 is 0. The van der Waals surface area contributed by atoms with E-state index in [1.807, 2.05) is 0 Å². The number of aliphatic carboxylic acids is 1. The molecule has 1 rings (SSSR count). The van der Waals surface area contributed by atoms with Gasteiger partial charge in [-0.1, -0.05) is 26.7 Å². The van der Waals surface area contributed by atoms with Crippen molar-refractivity contribution in [2.24, 2.45) is 17.8 Å². The molecule has 0 heterocycles. The molecule has 4 atom stereocenters. The molecule has 0 aromatic heterocycles. The lowest BCUT2D eigenvalue weighted by atomic mass is 9.78. The Labute approximate surface area is 91.5 Å². The number of aliphatic hydroxyl groups is 1. The summed E-state index contributed by atoms with van der Waals surface area (Å²) in [5.41, 5.74) is 0. The largest absolute Gasteiger partial charge is 0.481 e. The van der Waals surface area contributed by atoms with Gasteiger partial charge in [0.05, 0.1) is 12.0 Å². The summed E-state index contributed by atoms with van der Waals surface area (Å²) in [6.07, 6.45) is 4.49. The smallest absolute Gasteiger partial charge is 0.306 e. The average molecular weight is 214 g/mol. The molecule has 15 heavy (non-hydrogen) atoms. The third-order valence-corrected chi connectivity index (χ3v) is 3.54. The van der Waals surface area contributed by atoms with Crippen LogP contribution in [0.4, 0.5) is 0 Å². The minimum atomic E-state index is -0.807. The minimum Gasteiger partial charge on any atom is -0.481 e. The van der Waals surface area contributed by atoms with E-state index < -0.39 is 18.0 Å². The maximum atomic E-state index is 10.7. The van der Waals surface area contributed by atoms with E-state index in [1.54, 1.807) is 6.92 Å². The molecule has 4 unspecified atom stereocenters. The molecule has 0 bridgehead atoms. The van der Waals surface area contributed by atoms with E-state index in [4.69, 9.17) is 5.11 Å². The highest BCUT2D eigenvalue weighted by Crippen LogP contribution is 2.32. The van der Waals surface area contributed by atoms with Gasteiger partial charge in [-0.15, -0.1) is 0 Å². The first-order valence-corrected chi connectivity index (χ1v) is 5.91. The highest BCUT2D eigenvalue weighted by molar-refractivity contribution is 5.69. The first-order chi connectivity index (χ1) is 7.00. The van der Waals surface area contributed by atoms with Gasteiger partial charge in [-0.2, -0.15) is 0 Å². The van der Waals surface area contributed by atoms with Crippen molar-refractivity contribution in [3.8, 4) is 0 Å². The lowest BCUT2D eigenvalue weighted by molar-refractivity contribution is -0.142. The van der Waals surface area contributed by atoms with Gasteiger partial charge in [0, 0.05) is 0 Å². The van der Waals surface area contributed by atoms with Crippen molar-refractivity contribution >= 4 is 5.97 Å². The summed E-state index contributed by atoms with van der Waals surface area (Å²) in [5, 5.41) is 18.7. The number of rotatable bonds is 4. The fourth-order valence-corrected chi connectivity index (χ4v) is 2.49. The quantitative estimate of drug-likeness (QED) is 0.755. The molecule has 0 saturated heterocycles. The molecule has 0 spiro atoms. The SMILES string of the molecule is CC1CCCC(C(O)CC(C)C(=O)O)C1. The van der Waals surface area contributed by atoms with Gasteiger partial charge >= 0.3 is 5.97 Å². The van der Waals surface area contributed by atoms with Gasteiger partial charge in [0.25, 0.3) is 0 Å². The molecule has 0 aromatic rings. The van der Waals surface area contributed by atoms with E-state index in [1.165, 1.54) is 12.8 Å². The number of carboxylic acid groups (broad SMARTS) is 1. The van der Waals surface area contributed by atoms with Crippen LogP contribution >= 0.6 is 0 Å². The molecule has 1 saturated carbocycles. The van der Waals surface area contributed by atoms with Crippen molar-refractivity contribution in [1.82, 2.24) is 0 Å². The van der Waals surface area contributed by atoms with Crippen molar-refractivity contribution in [2.45, 2.75) is 52.1 Å². The molecule has 0 aliphatic heterocycles. The fourth-order valence-electron chi connectivity index (χ4n) is 2.49. The summed E-state index contributed by atoms with van der Waals surface area (Å²) in [5.74, 6) is -0.246. The van der Waals surface area contributed by atoms with Crippen molar-refractivity contribution < 1.29 is 15.0 Å². The van der Waals surface area contributed by atoms with Gasteiger partial charge in [0.1, 0.15) is 0 Å². The monoisotopic (exact) mass is 214 g/mol. The Balaban J connectivity index is 2.38. The van der Waals surface area contributed by atoms with Gasteiger partial charge < -0.3 is 10.2 Å². The highest BCUT2D eigenvalue weighted by atomic mass is 16.4. The van der Waals surface area contributed by atoms with Crippen LogP contribution in [-0.2, 0) is 4.79 Å². The van der Waals surface area contributed by atoms with Crippen molar-refractivity contribution in [2.75, 3.05) is 0 Å². The van der Waals surface area contributed by atoms with Crippen LogP contribution in [0.5, 0.6) is 0 Å². The summed E-state index contributed by atoms with van der Waals surface area (Å²) < 4.78 is 0. The molecule has 2 N–H and O–H groups in total. The van der Waals surface area contributed by atoms with E-state index >= 15 is 0 Å². The zero-order valence-corrected chi connectivity index (χ0v) is 9.65. The topological polar surface area (TPSA) is 57.5 Å². The molecule has 0 aromatic carbocycles. The molecule has 0 amide bonds. The third kappa shape index (κ3) is 3.82. The standard InChI is InChI=1S/C12H22O3/c1-8-4-3-5-10(6-8)11(13)7-9(2)12(14)15/h8-11,13H,3-7H2,1-2H3,(H,14,15). The van der Waals surface area contributed by atoms with Crippen molar-refractivity contribution in [1.29, 1.82) is 0 Å². The Kier molecular flexibility index (Phi) is 4.58. The van der Waals surface area contributed by atoms with Crippen LogP contribution in [0.3, 0.4) is 0 Å². The zero-order valence-electron chi connectivity index (χ0n) is 9.65. The predicted molar refractivity (Wildman–Crippen MR) is 58.5 cm³/mol. The molecule has 1 fully saturated rings. The Bertz CT molecular complexity index is 215. The van der Waals surface area contributed by atoms with Crippen LogP contribution in [0.1, 0.15) is 46.0 Å². The lowest BCUT2D eigenvalue weighted by Crippen LogP contribution is -2.29. The maximum absolute atomic E-state index is 10.7. The molecular formula is C12H22O3. The second-order valence-electron chi connectivity index (χ2n) is 5.07. The van der Waals surface area contributed by atoms with E-state index in [9.17, 15) is 9.90 Å². The number of hydrogen-bond donors (Lipinski definition) is 2. The van der Waals surface area contributed by atoms with E-state index in [0.29, 0.717) is 18.3 Å². The molecule has 3 nitrogen and oxygen atoms in total. The van der Waals surface area contributed by atoms with Gasteiger partial charge in [0.2, 0.25) is 0 Å². The van der Waals surface area contributed by atoms with E-state index in [-0.39, 0.29) is 0 Å². The number of hydrogen-bond acceptors (Lipinski definition) is 2. The molecule has 0 radical (unpaired) electrons. The Morgan fingerprint density at radius 2 is 2.13 bits per heavy atom. The molecule has 88 valence electrons. The van der Waals surface area contributed by atoms with Crippen LogP contribution in [0, 0.1) is 17.8 Å². The fraction of sp³-hybridized carbons (Fsp3) is 0.917. The summed E-state index contributed by atoms with van der Waals surface area (Å²) in [6.45, 7) is 3.87. The molecule has 1 aliphatic carbocycles. The Hall–Kier alpha value is -0.570. The number of aliphatic hydroxyl groups excluding tert-OH is 1. The van der Waals surface area contributed by atoms with Crippen LogP contribution in [0.2, 0.25) is 0 Å². The molecule has 3 heteroatoms. The van der Waals surface area contributed by atoms with Crippen LogP contribution < -0.4 is 0 Å². The predicted octanol–water partition coefficient (Wildman–Crippen LogP) is 2.28.